The van der Waals surface area contributed by atoms with Crippen molar-refractivity contribution in [2.45, 2.75) is 29.3 Å². The van der Waals surface area contributed by atoms with E-state index >= 15 is 0 Å². The molecule has 33 heavy (non-hydrogen) atoms. The highest BCUT2D eigenvalue weighted by Gasteiger charge is 2.70. The Morgan fingerprint density at radius 1 is 0.697 bits per heavy atom. The molecule has 1 heterocycles. The van der Waals surface area contributed by atoms with Crippen molar-refractivity contribution in [3.8, 4) is 24.3 Å². The van der Waals surface area contributed by atoms with Crippen molar-refractivity contribution < 1.29 is 0 Å². The predicted molar refractivity (Wildman–Crippen MR) is 142 cm³/mol. The van der Waals surface area contributed by atoms with Gasteiger partial charge in [0.15, 0.2) is 5.41 Å². The van der Waals surface area contributed by atoms with E-state index < -0.39 is 20.8 Å². The number of hydrogen-bond donors (Lipinski definition) is 0. The van der Waals surface area contributed by atoms with Gasteiger partial charge < -0.3 is 0 Å². The van der Waals surface area contributed by atoms with Crippen LogP contribution in [0, 0.1) is 56.2 Å². The molecule has 1 spiro atoms. The van der Waals surface area contributed by atoms with E-state index in [1.165, 1.54) is 6.42 Å². The SMILES string of the molecule is N#CC1(C#N)C(c2ccccc2)C=CC2(SCCCSCCCSCCCS2)C1(C#N)C#N. The average molecular weight is 511 g/mol. The Kier molecular flexibility index (Phi) is 9.55. The van der Waals surface area contributed by atoms with Gasteiger partial charge in [0.1, 0.15) is 4.08 Å². The summed E-state index contributed by atoms with van der Waals surface area (Å²) in [4.78, 5) is 0. The van der Waals surface area contributed by atoms with Crippen LogP contribution < -0.4 is 0 Å². The lowest BCUT2D eigenvalue weighted by atomic mass is 9.54. The number of rotatable bonds is 1. The summed E-state index contributed by atoms with van der Waals surface area (Å²) in [5.74, 6) is 5.26. The third-order valence-electron chi connectivity index (χ3n) is 6.01. The van der Waals surface area contributed by atoms with Gasteiger partial charge in [-0.05, 0) is 59.3 Å². The number of thioether (sulfide) groups is 4. The van der Waals surface area contributed by atoms with Crippen LogP contribution in [0.4, 0.5) is 0 Å². The fourth-order valence-electron chi connectivity index (χ4n) is 4.30. The van der Waals surface area contributed by atoms with Crippen molar-refractivity contribution in [1.82, 2.24) is 0 Å². The van der Waals surface area contributed by atoms with Crippen LogP contribution in [0.3, 0.4) is 0 Å². The molecule has 0 saturated carbocycles. The van der Waals surface area contributed by atoms with E-state index in [2.05, 4.69) is 24.3 Å². The van der Waals surface area contributed by atoms with Gasteiger partial charge in [-0.3, -0.25) is 0 Å². The van der Waals surface area contributed by atoms with E-state index in [9.17, 15) is 21.0 Å². The molecule has 0 amide bonds. The van der Waals surface area contributed by atoms with Gasteiger partial charge >= 0.3 is 0 Å². The molecule has 170 valence electrons. The van der Waals surface area contributed by atoms with Gasteiger partial charge in [-0.15, -0.1) is 23.5 Å². The second-order valence-corrected chi connectivity index (χ2v) is 13.3. The van der Waals surface area contributed by atoms with Crippen molar-refractivity contribution in [3.05, 3.63) is 48.0 Å². The van der Waals surface area contributed by atoms with Crippen LogP contribution in [0.15, 0.2) is 42.5 Å². The second-order valence-electron chi connectivity index (χ2n) is 7.90. The number of nitrogens with zero attached hydrogens (tertiary/aromatic N) is 4. The maximum absolute atomic E-state index is 10.5. The Balaban J connectivity index is 2.11. The normalized spacial score (nSPS) is 24.8. The van der Waals surface area contributed by atoms with Crippen molar-refractivity contribution in [2.75, 3.05) is 34.5 Å². The first kappa shape index (κ1) is 25.9. The van der Waals surface area contributed by atoms with E-state index in [4.69, 9.17) is 0 Å². The Bertz CT molecular complexity index is 954. The molecule has 0 N–H and O–H groups in total. The molecule has 3 rings (SSSR count). The van der Waals surface area contributed by atoms with E-state index in [1.807, 2.05) is 66.0 Å². The molecule has 0 aromatic heterocycles. The monoisotopic (exact) mass is 510 g/mol. The Labute approximate surface area is 214 Å². The molecular weight excluding hydrogens is 485 g/mol. The minimum absolute atomic E-state index is 0.654. The van der Waals surface area contributed by atoms with Crippen LogP contribution in [0.1, 0.15) is 30.7 Å². The first-order valence-electron chi connectivity index (χ1n) is 11.0. The van der Waals surface area contributed by atoms with E-state index in [0.717, 1.165) is 52.9 Å². The minimum atomic E-state index is -1.82. The second kappa shape index (κ2) is 12.1. The molecular formula is C25H26N4S4. The molecule has 1 unspecified atom stereocenters. The summed E-state index contributed by atoms with van der Waals surface area (Å²) in [7, 11) is 0. The molecule has 8 heteroatoms. The Morgan fingerprint density at radius 2 is 1.21 bits per heavy atom. The lowest BCUT2D eigenvalue weighted by molar-refractivity contribution is 0.253. The standard InChI is InChI=1S/C25H26N4S4/c26-17-23(18-27)22(21-7-2-1-3-8-21)9-10-25(24(23,19-28)20-29)32-15-5-13-30-11-4-12-31-14-6-16-33-25/h1-3,7-10,22H,4-6,11-16H2. The topological polar surface area (TPSA) is 95.2 Å². The van der Waals surface area contributed by atoms with Gasteiger partial charge in [0.05, 0.1) is 24.3 Å². The molecule has 4 nitrogen and oxygen atoms in total. The van der Waals surface area contributed by atoms with Crippen LogP contribution >= 0.6 is 47.0 Å². The summed E-state index contributed by atoms with van der Waals surface area (Å²) in [6.45, 7) is 0. The number of allylic oxidation sites excluding steroid dienone is 1. The molecule has 1 fully saturated rings. The smallest absolute Gasteiger partial charge is 0.196 e. The molecule has 2 aliphatic rings. The zero-order valence-electron chi connectivity index (χ0n) is 18.4. The zero-order chi connectivity index (χ0) is 23.6. The molecule has 0 radical (unpaired) electrons. The van der Waals surface area contributed by atoms with Gasteiger partial charge in [-0.2, -0.15) is 44.6 Å². The summed E-state index contributed by atoms with van der Waals surface area (Å²) in [5.41, 5.74) is -2.86. The highest BCUT2D eigenvalue weighted by Crippen LogP contribution is 2.66. The van der Waals surface area contributed by atoms with E-state index in [1.54, 1.807) is 23.5 Å². The largest absolute Gasteiger partial charge is 0.203 e. The highest BCUT2D eigenvalue weighted by molar-refractivity contribution is 8.18. The zero-order valence-corrected chi connectivity index (χ0v) is 21.7. The van der Waals surface area contributed by atoms with Crippen molar-refractivity contribution >= 4 is 47.0 Å². The molecule has 1 saturated heterocycles. The summed E-state index contributed by atoms with van der Waals surface area (Å²) in [6, 6.07) is 18.2. The Hall–Kier alpha value is -1.68. The predicted octanol–water partition coefficient (Wildman–Crippen LogP) is 6.22. The maximum Gasteiger partial charge on any atom is 0.203 e. The van der Waals surface area contributed by atoms with Crippen LogP contribution in [-0.4, -0.2) is 38.6 Å². The summed E-state index contributed by atoms with van der Waals surface area (Å²) < 4.78 is -0.979. The minimum Gasteiger partial charge on any atom is -0.196 e. The summed E-state index contributed by atoms with van der Waals surface area (Å²) in [5, 5.41) is 42.0. The first-order valence-corrected chi connectivity index (χ1v) is 15.3. The molecule has 1 aromatic rings. The fraction of sp³-hybridized carbons (Fsp3) is 0.520. The molecule has 1 aromatic carbocycles. The van der Waals surface area contributed by atoms with Crippen LogP contribution in [0.2, 0.25) is 0 Å². The fourth-order valence-corrected chi connectivity index (χ4v) is 9.96. The maximum atomic E-state index is 10.5. The third-order valence-corrected chi connectivity index (χ3v) is 11.8. The first-order chi connectivity index (χ1) is 16.2. The van der Waals surface area contributed by atoms with Gasteiger partial charge in [0, 0.05) is 5.92 Å². The summed E-state index contributed by atoms with van der Waals surface area (Å²) in [6.07, 6.45) is 7.01. The molecule has 1 aliphatic heterocycles. The quantitative estimate of drug-likeness (QED) is 0.411. The van der Waals surface area contributed by atoms with Gasteiger partial charge in [0.2, 0.25) is 5.41 Å². The van der Waals surface area contributed by atoms with Gasteiger partial charge in [0.25, 0.3) is 0 Å². The third kappa shape index (κ3) is 4.92. The molecule has 0 bridgehead atoms. The van der Waals surface area contributed by atoms with E-state index in [-0.39, 0.29) is 0 Å². The number of nitriles is 4. The van der Waals surface area contributed by atoms with Crippen LogP contribution in [-0.2, 0) is 0 Å². The average Bonchev–Trinajstić information content (AvgIpc) is 2.86. The molecule has 1 atom stereocenters. The van der Waals surface area contributed by atoms with Gasteiger partial charge in [-0.25, -0.2) is 0 Å². The lowest BCUT2D eigenvalue weighted by Gasteiger charge is -2.50. The molecule has 1 aliphatic carbocycles. The number of hydrogen-bond acceptors (Lipinski definition) is 8. The lowest BCUT2D eigenvalue weighted by Crippen LogP contribution is -2.56. The van der Waals surface area contributed by atoms with Crippen LogP contribution in [0.5, 0.6) is 0 Å². The number of benzene rings is 1. The van der Waals surface area contributed by atoms with E-state index in [0.29, 0.717) is 0 Å². The van der Waals surface area contributed by atoms with Crippen molar-refractivity contribution in [1.29, 1.82) is 21.0 Å². The Morgan fingerprint density at radius 3 is 1.70 bits per heavy atom. The van der Waals surface area contributed by atoms with Crippen LogP contribution in [0.25, 0.3) is 0 Å². The van der Waals surface area contributed by atoms with Crippen molar-refractivity contribution in [2.24, 2.45) is 10.8 Å². The van der Waals surface area contributed by atoms with Crippen molar-refractivity contribution in [3.63, 3.8) is 0 Å². The summed E-state index contributed by atoms with van der Waals surface area (Å²) >= 11 is 7.03. The van der Waals surface area contributed by atoms with Gasteiger partial charge in [-0.1, -0.05) is 42.5 Å². The highest BCUT2D eigenvalue weighted by atomic mass is 32.2.